The van der Waals surface area contributed by atoms with Crippen molar-refractivity contribution >= 4 is 5.91 Å². The maximum Gasteiger partial charge on any atom is 0.243 e. The van der Waals surface area contributed by atoms with Gasteiger partial charge in [-0.05, 0) is 18.9 Å². The van der Waals surface area contributed by atoms with E-state index in [1.165, 1.54) is 63.9 Å². The number of nitrogens with one attached hydrogen (secondary N) is 1. The fourth-order valence-electron chi connectivity index (χ4n) is 2.34. The van der Waals surface area contributed by atoms with Crippen molar-refractivity contribution in [3.05, 3.63) is 12.7 Å². The smallest absolute Gasteiger partial charge is 0.243 e. The van der Waals surface area contributed by atoms with Crippen LogP contribution in [0.1, 0.15) is 84.5 Å². The normalized spacial score (nSPS) is 12.1. The summed E-state index contributed by atoms with van der Waals surface area (Å²) in [6, 6.07) is 0.329. The summed E-state index contributed by atoms with van der Waals surface area (Å²) in [6.07, 6.45) is 15.6. The molecule has 2 heteroatoms. The summed E-state index contributed by atoms with van der Waals surface area (Å²) in [4.78, 5) is 11.2. The summed E-state index contributed by atoms with van der Waals surface area (Å²) < 4.78 is 0. The second-order valence-electron chi connectivity index (χ2n) is 5.43. The molecule has 112 valence electrons. The largest absolute Gasteiger partial charge is 0.350 e. The Bertz CT molecular complexity index is 225. The molecule has 1 atom stereocenters. The lowest BCUT2D eigenvalue weighted by Gasteiger charge is -2.15. The molecule has 0 aromatic rings. The summed E-state index contributed by atoms with van der Waals surface area (Å²) in [6.45, 7) is 7.87. The Morgan fingerprint density at radius 2 is 1.53 bits per heavy atom. The van der Waals surface area contributed by atoms with Crippen LogP contribution in [0.3, 0.4) is 0 Å². The van der Waals surface area contributed by atoms with E-state index >= 15 is 0 Å². The highest BCUT2D eigenvalue weighted by Crippen LogP contribution is 2.12. The minimum Gasteiger partial charge on any atom is -0.350 e. The van der Waals surface area contributed by atoms with Gasteiger partial charge in [-0.15, -0.1) is 0 Å². The standard InChI is InChI=1S/C17H33NO/c1-4-7-8-9-10-11-12-13-14-15-16(5-2)18-17(19)6-3/h6,16H,3-5,7-15H2,1-2H3,(H,18,19). The number of rotatable bonds is 13. The molecule has 0 aromatic carbocycles. The zero-order chi connectivity index (χ0) is 14.3. The van der Waals surface area contributed by atoms with Crippen LogP contribution >= 0.6 is 0 Å². The van der Waals surface area contributed by atoms with Crippen molar-refractivity contribution in [3.63, 3.8) is 0 Å². The van der Waals surface area contributed by atoms with Crippen LogP contribution in [0.2, 0.25) is 0 Å². The van der Waals surface area contributed by atoms with Crippen molar-refractivity contribution in [2.45, 2.75) is 90.5 Å². The summed E-state index contributed by atoms with van der Waals surface area (Å²) in [7, 11) is 0. The molecule has 1 unspecified atom stereocenters. The van der Waals surface area contributed by atoms with Crippen LogP contribution in [0.4, 0.5) is 0 Å². The topological polar surface area (TPSA) is 29.1 Å². The first-order valence-corrected chi connectivity index (χ1v) is 8.17. The van der Waals surface area contributed by atoms with Gasteiger partial charge in [-0.25, -0.2) is 0 Å². The molecule has 0 aliphatic heterocycles. The first kappa shape index (κ1) is 18.2. The summed E-state index contributed by atoms with van der Waals surface area (Å²) in [5, 5.41) is 2.98. The second kappa shape index (κ2) is 13.6. The molecule has 0 heterocycles. The molecule has 0 aliphatic rings. The molecule has 0 bridgehead atoms. The fourth-order valence-corrected chi connectivity index (χ4v) is 2.34. The van der Waals surface area contributed by atoms with E-state index in [1.54, 1.807) is 0 Å². The van der Waals surface area contributed by atoms with E-state index in [0.717, 1.165) is 12.8 Å². The first-order valence-electron chi connectivity index (χ1n) is 8.17. The molecule has 1 amide bonds. The highest BCUT2D eigenvalue weighted by Gasteiger charge is 2.07. The molecule has 0 aromatic heterocycles. The molecule has 0 radical (unpaired) electrons. The molecule has 0 aliphatic carbocycles. The third kappa shape index (κ3) is 12.0. The monoisotopic (exact) mass is 267 g/mol. The molecular weight excluding hydrogens is 234 g/mol. The van der Waals surface area contributed by atoms with Gasteiger partial charge >= 0.3 is 0 Å². The van der Waals surface area contributed by atoms with E-state index in [9.17, 15) is 4.79 Å². The van der Waals surface area contributed by atoms with Gasteiger partial charge < -0.3 is 5.32 Å². The second-order valence-corrected chi connectivity index (χ2v) is 5.43. The van der Waals surface area contributed by atoms with Crippen molar-refractivity contribution < 1.29 is 4.79 Å². The highest BCUT2D eigenvalue weighted by atomic mass is 16.1. The lowest BCUT2D eigenvalue weighted by Crippen LogP contribution is -2.32. The number of amides is 1. The first-order chi connectivity index (χ1) is 9.24. The minimum absolute atomic E-state index is 0.0391. The Morgan fingerprint density at radius 3 is 2.00 bits per heavy atom. The molecule has 0 saturated carbocycles. The Balaban J connectivity index is 3.36. The molecule has 2 nitrogen and oxygen atoms in total. The van der Waals surface area contributed by atoms with Crippen molar-refractivity contribution in [2.75, 3.05) is 0 Å². The van der Waals surface area contributed by atoms with Crippen LogP contribution in [0, 0.1) is 0 Å². The summed E-state index contributed by atoms with van der Waals surface area (Å²) >= 11 is 0. The van der Waals surface area contributed by atoms with E-state index in [-0.39, 0.29) is 5.91 Å². The molecule has 0 saturated heterocycles. The maximum absolute atomic E-state index is 11.2. The Hall–Kier alpha value is -0.790. The van der Waals surface area contributed by atoms with Crippen LogP contribution in [0.15, 0.2) is 12.7 Å². The van der Waals surface area contributed by atoms with Gasteiger partial charge in [0.25, 0.3) is 0 Å². The zero-order valence-electron chi connectivity index (χ0n) is 13.0. The molecular formula is C17H33NO. The van der Waals surface area contributed by atoms with Crippen LogP contribution < -0.4 is 5.32 Å². The molecule has 19 heavy (non-hydrogen) atoms. The van der Waals surface area contributed by atoms with E-state index in [1.807, 2.05) is 0 Å². The van der Waals surface area contributed by atoms with E-state index in [0.29, 0.717) is 6.04 Å². The van der Waals surface area contributed by atoms with Gasteiger partial charge in [0.1, 0.15) is 0 Å². The molecule has 0 rings (SSSR count). The fraction of sp³-hybridized carbons (Fsp3) is 0.824. The summed E-state index contributed by atoms with van der Waals surface area (Å²) in [5.41, 5.74) is 0. The quantitative estimate of drug-likeness (QED) is 0.370. The predicted molar refractivity (Wildman–Crippen MR) is 84.3 cm³/mol. The van der Waals surface area contributed by atoms with E-state index in [2.05, 4.69) is 25.7 Å². The average molecular weight is 267 g/mol. The van der Waals surface area contributed by atoms with E-state index < -0.39 is 0 Å². The van der Waals surface area contributed by atoms with Gasteiger partial charge in [0, 0.05) is 6.04 Å². The Morgan fingerprint density at radius 1 is 1.00 bits per heavy atom. The van der Waals surface area contributed by atoms with Gasteiger partial charge in [-0.1, -0.05) is 78.2 Å². The van der Waals surface area contributed by atoms with Gasteiger partial charge in [-0.2, -0.15) is 0 Å². The predicted octanol–water partition coefficient (Wildman–Crippen LogP) is 4.99. The lowest BCUT2D eigenvalue weighted by molar-refractivity contribution is -0.117. The Labute approximate surface area is 120 Å². The van der Waals surface area contributed by atoms with Crippen molar-refractivity contribution in [3.8, 4) is 0 Å². The van der Waals surface area contributed by atoms with Gasteiger partial charge in [0.05, 0.1) is 0 Å². The van der Waals surface area contributed by atoms with Gasteiger partial charge in [-0.3, -0.25) is 4.79 Å². The summed E-state index contributed by atoms with van der Waals surface area (Å²) in [5.74, 6) is -0.0391. The third-order valence-corrected chi connectivity index (χ3v) is 3.68. The van der Waals surface area contributed by atoms with Crippen LogP contribution in [-0.4, -0.2) is 11.9 Å². The number of hydrogen-bond acceptors (Lipinski definition) is 1. The number of unbranched alkanes of at least 4 members (excludes halogenated alkanes) is 8. The Kier molecular flexibility index (Phi) is 13.1. The average Bonchev–Trinajstić information content (AvgIpc) is 2.43. The number of carbonyl (C=O) groups excluding carboxylic acids is 1. The van der Waals surface area contributed by atoms with Crippen LogP contribution in [0.25, 0.3) is 0 Å². The van der Waals surface area contributed by atoms with Gasteiger partial charge in [0.15, 0.2) is 0 Å². The lowest BCUT2D eigenvalue weighted by atomic mass is 10.0. The highest BCUT2D eigenvalue weighted by molar-refractivity contribution is 5.87. The third-order valence-electron chi connectivity index (χ3n) is 3.68. The maximum atomic E-state index is 11.2. The molecule has 0 fully saturated rings. The minimum atomic E-state index is -0.0391. The number of carbonyl (C=O) groups is 1. The van der Waals surface area contributed by atoms with Crippen molar-refractivity contribution in [1.29, 1.82) is 0 Å². The van der Waals surface area contributed by atoms with Gasteiger partial charge in [0.2, 0.25) is 5.91 Å². The molecule has 1 N–H and O–H groups in total. The SMILES string of the molecule is C=CC(=O)NC(CC)CCCCCCCCCCC. The van der Waals surface area contributed by atoms with E-state index in [4.69, 9.17) is 0 Å². The van der Waals surface area contributed by atoms with Crippen LogP contribution in [-0.2, 0) is 4.79 Å². The molecule has 0 spiro atoms. The van der Waals surface area contributed by atoms with Crippen LogP contribution in [0.5, 0.6) is 0 Å². The number of hydrogen-bond donors (Lipinski definition) is 1. The van der Waals surface area contributed by atoms with Crippen molar-refractivity contribution in [1.82, 2.24) is 5.32 Å². The zero-order valence-corrected chi connectivity index (χ0v) is 13.0. The van der Waals surface area contributed by atoms with Crippen molar-refractivity contribution in [2.24, 2.45) is 0 Å².